The number of hydrogen-bond acceptors (Lipinski definition) is 5. The van der Waals surface area contributed by atoms with Crippen LogP contribution in [0.2, 0.25) is 0 Å². The number of hydrogen-bond donors (Lipinski definition) is 0. The fourth-order valence-electron chi connectivity index (χ4n) is 3.12. The van der Waals surface area contributed by atoms with Crippen molar-refractivity contribution in [1.29, 1.82) is 0 Å². The van der Waals surface area contributed by atoms with E-state index in [0.717, 1.165) is 18.5 Å². The number of rotatable bonds is 6. The normalized spacial score (nSPS) is 13.2. The molecule has 2 aromatic rings. The third kappa shape index (κ3) is 4.82. The standard InChI is InChI=1S/C24H23NO4/c1-28-23(26)21-10-6-7-17-25(22(21)24(27)29-2)20-15-13-19(14-16-20)12-11-18-8-4-3-5-9-18/h3-10,13-17H,11-12H2,1-2H3. The Morgan fingerprint density at radius 2 is 1.41 bits per heavy atom. The number of allylic oxidation sites excluding steroid dienone is 2. The molecule has 0 amide bonds. The minimum atomic E-state index is -0.616. The molecule has 0 aliphatic carbocycles. The molecule has 1 aliphatic rings. The molecule has 3 rings (SSSR count). The number of anilines is 1. The second-order valence-electron chi connectivity index (χ2n) is 6.47. The van der Waals surface area contributed by atoms with E-state index in [4.69, 9.17) is 9.47 Å². The lowest BCUT2D eigenvalue weighted by Gasteiger charge is -2.23. The number of esters is 2. The highest BCUT2D eigenvalue weighted by atomic mass is 16.5. The summed E-state index contributed by atoms with van der Waals surface area (Å²) in [6, 6.07) is 18.2. The molecule has 0 radical (unpaired) electrons. The van der Waals surface area contributed by atoms with Crippen molar-refractivity contribution in [1.82, 2.24) is 0 Å². The molecule has 0 saturated carbocycles. The summed E-state index contributed by atoms with van der Waals surface area (Å²) in [5, 5.41) is 0. The molecule has 0 unspecified atom stereocenters. The summed E-state index contributed by atoms with van der Waals surface area (Å²) in [7, 11) is 2.57. The third-order valence-electron chi connectivity index (χ3n) is 4.65. The molecule has 2 aromatic carbocycles. The molecule has 148 valence electrons. The highest BCUT2D eigenvalue weighted by Gasteiger charge is 2.27. The van der Waals surface area contributed by atoms with Crippen molar-refractivity contribution in [2.24, 2.45) is 0 Å². The molecule has 0 saturated heterocycles. The lowest BCUT2D eigenvalue weighted by molar-refractivity contribution is -0.139. The number of nitrogens with zero attached hydrogens (tertiary/aromatic N) is 1. The summed E-state index contributed by atoms with van der Waals surface area (Å²) in [4.78, 5) is 26.3. The molecule has 5 heteroatoms. The monoisotopic (exact) mass is 389 g/mol. The summed E-state index contributed by atoms with van der Waals surface area (Å²) in [6.07, 6.45) is 8.56. The van der Waals surface area contributed by atoms with Gasteiger partial charge in [0.1, 0.15) is 5.70 Å². The molecular weight excluding hydrogens is 366 g/mol. The van der Waals surface area contributed by atoms with Gasteiger partial charge in [0, 0.05) is 11.9 Å². The Bertz CT molecular complexity index is 956. The van der Waals surface area contributed by atoms with Gasteiger partial charge in [-0.3, -0.25) is 0 Å². The van der Waals surface area contributed by atoms with Gasteiger partial charge in [0.25, 0.3) is 0 Å². The Balaban J connectivity index is 1.87. The minimum Gasteiger partial charge on any atom is -0.465 e. The number of ether oxygens (including phenoxy) is 2. The van der Waals surface area contributed by atoms with Gasteiger partial charge in [0.15, 0.2) is 0 Å². The number of benzene rings is 2. The molecule has 29 heavy (non-hydrogen) atoms. The van der Waals surface area contributed by atoms with E-state index in [2.05, 4.69) is 12.1 Å². The van der Waals surface area contributed by atoms with Gasteiger partial charge < -0.3 is 14.4 Å². The van der Waals surface area contributed by atoms with Gasteiger partial charge in [-0.1, -0.05) is 48.5 Å². The molecular formula is C24H23NO4. The Morgan fingerprint density at radius 1 is 0.793 bits per heavy atom. The summed E-state index contributed by atoms with van der Waals surface area (Å²) in [5.74, 6) is -1.22. The number of carbonyl (C=O) groups excluding carboxylic acids is 2. The van der Waals surface area contributed by atoms with Crippen LogP contribution in [0, 0.1) is 0 Å². The third-order valence-corrected chi connectivity index (χ3v) is 4.65. The molecule has 1 heterocycles. The van der Waals surface area contributed by atoms with Gasteiger partial charge in [-0.25, -0.2) is 9.59 Å². The maximum absolute atomic E-state index is 12.5. The SMILES string of the molecule is COC(=O)C1=C(C(=O)OC)N(c2ccc(CCc3ccccc3)cc2)C=CC=C1. The van der Waals surface area contributed by atoms with Crippen molar-refractivity contribution in [2.45, 2.75) is 12.8 Å². The van der Waals surface area contributed by atoms with Gasteiger partial charge in [-0.2, -0.15) is 0 Å². The van der Waals surface area contributed by atoms with E-state index in [1.165, 1.54) is 25.3 Å². The van der Waals surface area contributed by atoms with Gasteiger partial charge in [-0.05, 0) is 48.3 Å². The molecule has 0 atom stereocenters. The van der Waals surface area contributed by atoms with Crippen molar-refractivity contribution >= 4 is 17.6 Å². The van der Waals surface area contributed by atoms with Crippen LogP contribution in [-0.4, -0.2) is 26.2 Å². The lowest BCUT2D eigenvalue weighted by atomic mass is 10.0. The van der Waals surface area contributed by atoms with Crippen molar-refractivity contribution in [2.75, 3.05) is 19.1 Å². The van der Waals surface area contributed by atoms with E-state index in [-0.39, 0.29) is 11.3 Å². The highest BCUT2D eigenvalue weighted by molar-refractivity contribution is 6.05. The fraction of sp³-hybridized carbons (Fsp3) is 0.167. The summed E-state index contributed by atoms with van der Waals surface area (Å²) in [5.41, 5.74) is 3.47. The molecule has 0 bridgehead atoms. The summed E-state index contributed by atoms with van der Waals surface area (Å²) in [6.45, 7) is 0. The van der Waals surface area contributed by atoms with E-state index in [9.17, 15) is 9.59 Å². The quantitative estimate of drug-likeness (QED) is 0.700. The van der Waals surface area contributed by atoms with Crippen LogP contribution in [0.3, 0.4) is 0 Å². The molecule has 5 nitrogen and oxygen atoms in total. The molecule has 0 aromatic heterocycles. The first kappa shape index (κ1) is 20.1. The zero-order valence-corrected chi connectivity index (χ0v) is 16.5. The molecule has 1 aliphatic heterocycles. The van der Waals surface area contributed by atoms with E-state index >= 15 is 0 Å². The average Bonchev–Trinajstić information content (AvgIpc) is 3.00. The molecule has 0 spiro atoms. The number of aryl methyl sites for hydroxylation is 2. The van der Waals surface area contributed by atoms with Crippen LogP contribution in [-0.2, 0) is 31.9 Å². The molecule has 0 N–H and O–H groups in total. The second kappa shape index (κ2) is 9.55. The minimum absolute atomic E-state index is 0.112. The van der Waals surface area contributed by atoms with Crippen LogP contribution in [0.15, 0.2) is 90.3 Å². The maximum Gasteiger partial charge on any atom is 0.355 e. The highest BCUT2D eigenvalue weighted by Crippen LogP contribution is 2.26. The number of methoxy groups -OCH3 is 2. The van der Waals surface area contributed by atoms with Crippen molar-refractivity contribution in [3.8, 4) is 0 Å². The second-order valence-corrected chi connectivity index (χ2v) is 6.47. The number of carbonyl (C=O) groups is 2. The zero-order chi connectivity index (χ0) is 20.6. The first-order chi connectivity index (χ1) is 14.1. The van der Waals surface area contributed by atoms with Crippen LogP contribution < -0.4 is 4.90 Å². The maximum atomic E-state index is 12.5. The van der Waals surface area contributed by atoms with E-state index in [0.29, 0.717) is 0 Å². The topological polar surface area (TPSA) is 55.8 Å². The van der Waals surface area contributed by atoms with Crippen molar-refractivity contribution < 1.29 is 19.1 Å². The zero-order valence-electron chi connectivity index (χ0n) is 16.5. The van der Waals surface area contributed by atoms with Crippen LogP contribution in [0.4, 0.5) is 5.69 Å². The lowest BCUT2D eigenvalue weighted by Crippen LogP contribution is -2.26. The Kier molecular flexibility index (Phi) is 6.63. The summed E-state index contributed by atoms with van der Waals surface area (Å²) < 4.78 is 9.76. The first-order valence-corrected chi connectivity index (χ1v) is 9.32. The van der Waals surface area contributed by atoms with Crippen molar-refractivity contribution in [3.05, 3.63) is 101 Å². The average molecular weight is 389 g/mol. The van der Waals surface area contributed by atoms with E-state index in [1.807, 2.05) is 42.5 Å². The van der Waals surface area contributed by atoms with E-state index in [1.54, 1.807) is 29.3 Å². The predicted octanol–water partition coefficient (Wildman–Crippen LogP) is 3.96. The van der Waals surface area contributed by atoms with Crippen LogP contribution in [0.1, 0.15) is 11.1 Å². The summed E-state index contributed by atoms with van der Waals surface area (Å²) >= 11 is 0. The van der Waals surface area contributed by atoms with Crippen molar-refractivity contribution in [3.63, 3.8) is 0 Å². The van der Waals surface area contributed by atoms with E-state index < -0.39 is 11.9 Å². The Morgan fingerprint density at radius 3 is 2.03 bits per heavy atom. The van der Waals surface area contributed by atoms with Gasteiger partial charge in [0.2, 0.25) is 0 Å². The first-order valence-electron chi connectivity index (χ1n) is 9.32. The van der Waals surface area contributed by atoms with Crippen LogP contribution >= 0.6 is 0 Å². The largest absolute Gasteiger partial charge is 0.465 e. The van der Waals surface area contributed by atoms with Gasteiger partial charge in [-0.15, -0.1) is 0 Å². The Labute approximate surface area is 170 Å². The van der Waals surface area contributed by atoms with Crippen LogP contribution in [0.25, 0.3) is 0 Å². The Hall–Kier alpha value is -3.60. The fourth-order valence-corrected chi connectivity index (χ4v) is 3.12. The smallest absolute Gasteiger partial charge is 0.355 e. The predicted molar refractivity (Wildman–Crippen MR) is 112 cm³/mol. The van der Waals surface area contributed by atoms with Gasteiger partial charge >= 0.3 is 11.9 Å². The molecule has 0 fully saturated rings. The van der Waals surface area contributed by atoms with Gasteiger partial charge in [0.05, 0.1) is 19.8 Å². The van der Waals surface area contributed by atoms with Crippen LogP contribution in [0.5, 0.6) is 0 Å².